The number of nitro groups is 1. The van der Waals surface area contributed by atoms with E-state index in [0.717, 1.165) is 32.5 Å². The number of nitro benzene ring substituents is 1. The molecule has 0 saturated carbocycles. The molecule has 0 radical (unpaired) electrons. The number of aldehydes is 1. The summed E-state index contributed by atoms with van der Waals surface area (Å²) in [6.07, 6.45) is 2.82. The summed E-state index contributed by atoms with van der Waals surface area (Å²) in [4.78, 5) is 23.5. The van der Waals surface area contributed by atoms with Crippen molar-refractivity contribution in [2.45, 2.75) is 12.8 Å². The molecule has 6 heteroatoms. The molecule has 0 bridgehead atoms. The Morgan fingerprint density at radius 3 is 2.75 bits per heavy atom. The first kappa shape index (κ1) is 14.5. The van der Waals surface area contributed by atoms with Gasteiger partial charge in [-0.15, -0.1) is 0 Å². The van der Waals surface area contributed by atoms with E-state index in [1.54, 1.807) is 12.1 Å². The summed E-state index contributed by atoms with van der Waals surface area (Å²) in [6.45, 7) is 2.87. The van der Waals surface area contributed by atoms with Gasteiger partial charge in [0.25, 0.3) is 5.69 Å². The molecule has 1 aliphatic rings. The van der Waals surface area contributed by atoms with Gasteiger partial charge < -0.3 is 10.2 Å². The van der Waals surface area contributed by atoms with Crippen molar-refractivity contribution in [2.75, 3.05) is 32.0 Å². The molecule has 1 fully saturated rings. The normalized spacial score (nSPS) is 16.9. The van der Waals surface area contributed by atoms with Crippen LogP contribution in [0.3, 0.4) is 0 Å². The fourth-order valence-corrected chi connectivity index (χ4v) is 2.44. The number of benzene rings is 1. The van der Waals surface area contributed by atoms with Crippen LogP contribution < -0.4 is 5.32 Å². The highest BCUT2D eigenvalue weighted by molar-refractivity contribution is 5.79. The lowest BCUT2D eigenvalue weighted by molar-refractivity contribution is -0.384. The molecular formula is C14H19N3O3. The van der Waals surface area contributed by atoms with Crippen LogP contribution in [0.15, 0.2) is 18.2 Å². The maximum atomic E-state index is 11.0. The lowest BCUT2D eigenvalue weighted by Crippen LogP contribution is -2.33. The van der Waals surface area contributed by atoms with Gasteiger partial charge in [-0.05, 0) is 51.0 Å². The van der Waals surface area contributed by atoms with Crippen molar-refractivity contribution in [3.8, 4) is 0 Å². The summed E-state index contributed by atoms with van der Waals surface area (Å²) >= 11 is 0. The third-order valence-corrected chi connectivity index (χ3v) is 3.77. The number of anilines is 1. The second-order valence-corrected chi connectivity index (χ2v) is 5.28. The zero-order valence-electron chi connectivity index (χ0n) is 11.5. The van der Waals surface area contributed by atoms with Crippen molar-refractivity contribution in [1.29, 1.82) is 0 Å². The summed E-state index contributed by atoms with van der Waals surface area (Å²) in [6, 6.07) is 4.51. The minimum Gasteiger partial charge on any atom is -0.379 e. The van der Waals surface area contributed by atoms with E-state index in [1.165, 1.54) is 6.07 Å². The minimum absolute atomic E-state index is 0.0393. The largest absolute Gasteiger partial charge is 0.379 e. The smallest absolute Gasteiger partial charge is 0.293 e. The van der Waals surface area contributed by atoms with E-state index in [9.17, 15) is 14.9 Å². The highest BCUT2D eigenvalue weighted by atomic mass is 16.6. The van der Waals surface area contributed by atoms with Crippen LogP contribution in [0.1, 0.15) is 23.2 Å². The Labute approximate surface area is 117 Å². The number of piperidine rings is 1. The molecule has 0 aliphatic carbocycles. The fourth-order valence-electron chi connectivity index (χ4n) is 2.44. The van der Waals surface area contributed by atoms with Crippen molar-refractivity contribution in [3.05, 3.63) is 33.9 Å². The number of rotatable bonds is 5. The molecule has 1 aliphatic heterocycles. The predicted molar refractivity (Wildman–Crippen MR) is 77.2 cm³/mol. The molecule has 0 spiro atoms. The molecule has 0 aromatic heterocycles. The molecule has 20 heavy (non-hydrogen) atoms. The van der Waals surface area contributed by atoms with E-state index in [0.29, 0.717) is 23.5 Å². The molecule has 0 atom stereocenters. The van der Waals surface area contributed by atoms with Gasteiger partial charge in [0.05, 0.1) is 4.92 Å². The zero-order valence-corrected chi connectivity index (χ0v) is 11.5. The predicted octanol–water partition coefficient (Wildman–Crippen LogP) is 2.16. The van der Waals surface area contributed by atoms with Crippen LogP contribution >= 0.6 is 0 Å². The Bertz CT molecular complexity index is 496. The Hall–Kier alpha value is -1.95. The van der Waals surface area contributed by atoms with Gasteiger partial charge in [-0.1, -0.05) is 0 Å². The number of nitrogens with one attached hydrogen (secondary N) is 1. The molecule has 1 aromatic rings. The summed E-state index contributed by atoms with van der Waals surface area (Å²) in [5, 5.41) is 14.2. The van der Waals surface area contributed by atoms with Crippen LogP contribution in [0.5, 0.6) is 0 Å². The number of hydrogen-bond acceptors (Lipinski definition) is 5. The summed E-state index contributed by atoms with van der Waals surface area (Å²) < 4.78 is 0. The summed E-state index contributed by atoms with van der Waals surface area (Å²) in [7, 11) is 2.10. The second kappa shape index (κ2) is 6.47. The quantitative estimate of drug-likeness (QED) is 0.507. The Kier molecular flexibility index (Phi) is 4.68. The van der Waals surface area contributed by atoms with E-state index < -0.39 is 4.92 Å². The lowest BCUT2D eigenvalue weighted by atomic mass is 9.97. The molecule has 1 heterocycles. The SMILES string of the molecule is CN1CCC(CNc2ccc(C=O)cc2[N+](=O)[O-])CC1. The second-order valence-electron chi connectivity index (χ2n) is 5.28. The van der Waals surface area contributed by atoms with Crippen molar-refractivity contribution in [3.63, 3.8) is 0 Å². The first-order valence-electron chi connectivity index (χ1n) is 6.76. The third-order valence-electron chi connectivity index (χ3n) is 3.77. The van der Waals surface area contributed by atoms with E-state index >= 15 is 0 Å². The maximum Gasteiger partial charge on any atom is 0.293 e. The summed E-state index contributed by atoms with van der Waals surface area (Å²) in [5.41, 5.74) is 0.767. The van der Waals surface area contributed by atoms with Crippen molar-refractivity contribution in [1.82, 2.24) is 4.90 Å². The van der Waals surface area contributed by atoms with Gasteiger partial charge in [0, 0.05) is 18.2 Å². The van der Waals surface area contributed by atoms with E-state index in [4.69, 9.17) is 0 Å². The van der Waals surface area contributed by atoms with E-state index in [-0.39, 0.29) is 5.69 Å². The fraction of sp³-hybridized carbons (Fsp3) is 0.500. The minimum atomic E-state index is -0.454. The van der Waals surface area contributed by atoms with Crippen LogP contribution in [0.4, 0.5) is 11.4 Å². The van der Waals surface area contributed by atoms with Gasteiger partial charge in [-0.3, -0.25) is 14.9 Å². The molecule has 0 amide bonds. The van der Waals surface area contributed by atoms with E-state index in [2.05, 4.69) is 17.3 Å². The Balaban J connectivity index is 2.01. The van der Waals surface area contributed by atoms with Crippen molar-refractivity contribution < 1.29 is 9.72 Å². The van der Waals surface area contributed by atoms with Crippen LogP contribution in [0, 0.1) is 16.0 Å². The molecule has 0 unspecified atom stereocenters. The van der Waals surface area contributed by atoms with Gasteiger partial charge in [0.2, 0.25) is 0 Å². The molecule has 2 rings (SSSR count). The number of carbonyl (C=O) groups is 1. The van der Waals surface area contributed by atoms with Crippen molar-refractivity contribution in [2.24, 2.45) is 5.92 Å². The highest BCUT2D eigenvalue weighted by Crippen LogP contribution is 2.26. The monoisotopic (exact) mass is 277 g/mol. The van der Waals surface area contributed by atoms with Crippen LogP contribution in [-0.2, 0) is 0 Å². The number of nitrogens with zero attached hydrogens (tertiary/aromatic N) is 2. The first-order chi connectivity index (χ1) is 9.60. The van der Waals surface area contributed by atoms with Crippen LogP contribution in [0.25, 0.3) is 0 Å². The summed E-state index contributed by atoms with van der Waals surface area (Å²) in [5.74, 6) is 0.538. The van der Waals surface area contributed by atoms with E-state index in [1.807, 2.05) is 0 Å². The standard InChI is InChI=1S/C14H19N3O3/c1-16-6-4-11(5-7-16)9-15-13-3-2-12(10-18)8-14(13)17(19)20/h2-3,8,10-11,15H,4-7,9H2,1H3. The number of carbonyl (C=O) groups excluding carboxylic acids is 1. The van der Waals surface area contributed by atoms with Gasteiger partial charge in [-0.2, -0.15) is 0 Å². The van der Waals surface area contributed by atoms with Crippen LogP contribution in [-0.4, -0.2) is 42.8 Å². The first-order valence-corrected chi connectivity index (χ1v) is 6.76. The Morgan fingerprint density at radius 1 is 1.45 bits per heavy atom. The molecule has 1 aromatic carbocycles. The molecule has 1 N–H and O–H groups in total. The molecule has 6 nitrogen and oxygen atoms in total. The third kappa shape index (κ3) is 3.54. The zero-order chi connectivity index (χ0) is 14.5. The Morgan fingerprint density at radius 2 is 2.15 bits per heavy atom. The van der Waals surface area contributed by atoms with Gasteiger partial charge >= 0.3 is 0 Å². The van der Waals surface area contributed by atoms with Gasteiger partial charge in [-0.25, -0.2) is 0 Å². The lowest BCUT2D eigenvalue weighted by Gasteiger charge is -2.29. The number of hydrogen-bond donors (Lipinski definition) is 1. The molecule has 108 valence electrons. The topological polar surface area (TPSA) is 75.5 Å². The highest BCUT2D eigenvalue weighted by Gasteiger charge is 2.19. The van der Waals surface area contributed by atoms with Gasteiger partial charge in [0.1, 0.15) is 12.0 Å². The molecule has 1 saturated heterocycles. The van der Waals surface area contributed by atoms with Crippen LogP contribution in [0.2, 0.25) is 0 Å². The maximum absolute atomic E-state index is 11.0. The van der Waals surface area contributed by atoms with Gasteiger partial charge in [0.15, 0.2) is 0 Å². The average Bonchev–Trinajstić information content (AvgIpc) is 2.46. The number of likely N-dealkylation sites (tertiary alicyclic amines) is 1. The van der Waals surface area contributed by atoms with Crippen molar-refractivity contribution >= 4 is 17.7 Å². The average molecular weight is 277 g/mol. The molecular weight excluding hydrogens is 258 g/mol.